The van der Waals surface area contributed by atoms with E-state index in [9.17, 15) is 68.4 Å². The number of carbonyl (C=O) groups is 10. The molecule has 2 aromatic heterocycles. The molecule has 4 aliphatic rings. The average molecular weight is 1260 g/mol. The largest absolute Gasteiger partial charge is 0.508 e. The first-order valence-corrected chi connectivity index (χ1v) is 32.2. The van der Waals surface area contributed by atoms with Crippen LogP contribution in [0.4, 0.5) is 0 Å². The van der Waals surface area contributed by atoms with E-state index in [1.54, 1.807) is 30.8 Å². The lowest BCUT2D eigenvalue weighted by atomic mass is 9.93. The summed E-state index contributed by atoms with van der Waals surface area (Å²) in [6, 6.07) is -1.68. The minimum Gasteiger partial charge on any atom is -0.508 e. The smallest absolute Gasteiger partial charge is 0.246 e. The number of hydrogen-bond acceptors (Lipinski definition) is 19. The normalized spacial score (nSPS) is 25.7. The highest BCUT2D eigenvalue weighted by Crippen LogP contribution is 2.36. The van der Waals surface area contributed by atoms with Crippen LogP contribution in [0.3, 0.4) is 0 Å². The first-order chi connectivity index (χ1) is 41.0. The van der Waals surface area contributed by atoms with Gasteiger partial charge in [0.25, 0.3) is 0 Å². The molecule has 2 fully saturated rings. The molecule has 0 radical (unpaired) electrons. The van der Waals surface area contributed by atoms with E-state index in [2.05, 4.69) is 57.4 Å². The Bertz CT molecular complexity index is 3010. The number of rotatable bonds is 17. The molecular weight excluding hydrogens is 1180 g/mol. The first kappa shape index (κ1) is 66.6. The maximum absolute atomic E-state index is 15.3. The van der Waals surface area contributed by atoms with Crippen molar-refractivity contribution in [2.45, 2.75) is 137 Å². The van der Waals surface area contributed by atoms with Gasteiger partial charge in [0.2, 0.25) is 59.1 Å². The number of piperidine rings is 1. The fourth-order valence-electron chi connectivity index (χ4n) is 10.8. The van der Waals surface area contributed by atoms with Gasteiger partial charge in [0.1, 0.15) is 52.1 Å². The summed E-state index contributed by atoms with van der Waals surface area (Å²) in [5.41, 5.74) is 6.23. The van der Waals surface area contributed by atoms with Crippen molar-refractivity contribution in [3.05, 3.63) is 47.7 Å². The van der Waals surface area contributed by atoms with Gasteiger partial charge >= 0.3 is 0 Å². The number of phenolic OH excluding ortho intramolecular Hbond substituents is 1. The van der Waals surface area contributed by atoms with Crippen molar-refractivity contribution in [3.63, 3.8) is 0 Å². The van der Waals surface area contributed by atoms with Crippen LogP contribution in [0.2, 0.25) is 0 Å². The molecule has 7 rings (SSSR count). The van der Waals surface area contributed by atoms with Crippen molar-refractivity contribution in [1.82, 2.24) is 62.3 Å². The Morgan fingerprint density at radius 3 is 2.29 bits per heavy atom. The highest BCUT2D eigenvalue weighted by Gasteiger charge is 2.45. The molecule has 11 atom stereocenters. The summed E-state index contributed by atoms with van der Waals surface area (Å²) in [7, 11) is 0.589. The van der Waals surface area contributed by atoms with Crippen molar-refractivity contribution in [3.8, 4) is 5.75 Å². The zero-order valence-corrected chi connectivity index (χ0v) is 50.4. The van der Waals surface area contributed by atoms with Crippen LogP contribution in [0.25, 0.3) is 10.9 Å². The van der Waals surface area contributed by atoms with Crippen LogP contribution < -0.4 is 48.3 Å². The van der Waals surface area contributed by atoms with Gasteiger partial charge < -0.3 is 78.6 Å². The minimum absolute atomic E-state index is 0.0509. The van der Waals surface area contributed by atoms with Crippen molar-refractivity contribution in [2.75, 3.05) is 57.4 Å². The number of H-pyrrole nitrogens is 1. The number of pyridine rings is 1. The van der Waals surface area contributed by atoms with Crippen LogP contribution >= 0.6 is 21.6 Å². The number of nitrogens with two attached hydrogens (primary N) is 1. The molecule has 6 heterocycles. The Kier molecular flexibility index (Phi) is 24.1. The Balaban J connectivity index is 1.26. The van der Waals surface area contributed by atoms with Gasteiger partial charge in [-0.1, -0.05) is 44.1 Å². The Morgan fingerprint density at radius 1 is 0.884 bits per heavy atom. The minimum atomic E-state index is -2.47. The number of phenols is 1. The number of fused-ring (bicyclic) bond motifs is 5. The van der Waals surface area contributed by atoms with E-state index in [1.165, 1.54) is 29.9 Å². The lowest BCUT2D eigenvalue weighted by Gasteiger charge is -2.32. The fraction of sp³-hybridized carbons (Fsp3) is 0.582. The van der Waals surface area contributed by atoms with Crippen molar-refractivity contribution >= 4 is 102 Å². The second-order valence-corrected chi connectivity index (χ2v) is 26.0. The number of primary amides is 1. The second-order valence-electron chi connectivity index (χ2n) is 22.1. The number of aromatic nitrogens is 2. The zero-order valence-electron chi connectivity index (χ0n) is 48.0. The number of carbonyl (C=O) groups excluding carboxylic acids is 10. The van der Waals surface area contributed by atoms with Gasteiger partial charge in [0.15, 0.2) is 0 Å². The molecule has 86 heavy (non-hydrogen) atoms. The SMILES string of the molecule is CC[C@H](C)[C@@H]1NC(=O)CNC(=O)[C@H]2Cc3c([nH]c4c(CN5CCC(CCNC(=O)CCSSc6ccccn6)CC5)c(O)ccc34)S(=O)C[C@@H](NC(=O)CNC1=O)C(=O)N[C@@H](CC(N)=O)C(=O)N1C[C@H](O)C[C@H]1C(=O)N[C@@H]([C@H](C)[C@H](O)CO)C(=O)N2. The van der Waals surface area contributed by atoms with Gasteiger partial charge in [-0.05, 0) is 84.8 Å². The van der Waals surface area contributed by atoms with E-state index < -0.39 is 176 Å². The molecule has 28 nitrogen and oxygen atoms in total. The third-order valence-corrected chi connectivity index (χ3v) is 19.7. The molecule has 0 aliphatic carbocycles. The molecule has 15 N–H and O–H groups in total. The maximum Gasteiger partial charge on any atom is 0.246 e. The summed E-state index contributed by atoms with van der Waals surface area (Å²) < 4.78 is 15.3. The van der Waals surface area contributed by atoms with E-state index in [0.717, 1.165) is 29.2 Å². The van der Waals surface area contributed by atoms with Crippen LogP contribution in [-0.4, -0.2) is 209 Å². The summed E-state index contributed by atoms with van der Waals surface area (Å²) in [6.45, 7) is 3.49. The fourth-order valence-corrected chi connectivity index (χ4v) is 14.0. The molecule has 3 aromatic rings. The number of benzene rings is 1. The third kappa shape index (κ3) is 17.6. The van der Waals surface area contributed by atoms with Gasteiger partial charge in [-0.2, -0.15) is 0 Å². The molecule has 1 aromatic carbocycles. The summed E-state index contributed by atoms with van der Waals surface area (Å²) in [5, 5.41) is 65.0. The monoisotopic (exact) mass is 1260 g/mol. The molecule has 0 saturated carbocycles. The second kappa shape index (κ2) is 31.1. The molecule has 31 heteroatoms. The molecule has 1 unspecified atom stereocenters. The molecule has 0 spiro atoms. The zero-order chi connectivity index (χ0) is 62.4. The van der Waals surface area contributed by atoms with E-state index in [4.69, 9.17) is 5.73 Å². The van der Waals surface area contributed by atoms with Crippen molar-refractivity contribution in [2.24, 2.45) is 23.5 Å². The molecule has 4 aliphatic heterocycles. The Labute approximate surface area is 506 Å². The van der Waals surface area contributed by atoms with Crippen molar-refractivity contribution < 1.29 is 72.6 Å². The summed E-state index contributed by atoms with van der Waals surface area (Å²) in [6.07, 6.45) is -0.263. The number of likely N-dealkylation sites (tertiary alicyclic amines) is 1. The maximum atomic E-state index is 15.3. The average Bonchev–Trinajstić information content (AvgIpc) is 1.82. The van der Waals surface area contributed by atoms with Crippen LogP contribution in [0.5, 0.6) is 5.75 Å². The van der Waals surface area contributed by atoms with E-state index in [-0.39, 0.29) is 45.6 Å². The third-order valence-electron chi connectivity index (χ3n) is 16.0. The molecular formula is C55H77N13O15S3. The predicted molar refractivity (Wildman–Crippen MR) is 315 cm³/mol. The van der Waals surface area contributed by atoms with E-state index in [0.29, 0.717) is 43.8 Å². The predicted octanol–water partition coefficient (Wildman–Crippen LogP) is -2.98. The van der Waals surface area contributed by atoms with Gasteiger partial charge in [0.05, 0.1) is 60.4 Å². The van der Waals surface area contributed by atoms with Crippen LogP contribution in [0.15, 0.2) is 46.6 Å². The van der Waals surface area contributed by atoms with Gasteiger partial charge in [-0.3, -0.25) is 57.1 Å². The first-order valence-electron chi connectivity index (χ1n) is 28.6. The number of aliphatic hydroxyl groups excluding tert-OH is 3. The molecule has 10 amide bonds. The Hall–Kier alpha value is -6.90. The highest BCUT2D eigenvalue weighted by molar-refractivity contribution is 8.76. The standard InChI is InChI=1S/C55H77N13O15S3/c1-4-28(2)46-52(80)60-22-43(75)61-37-27-86(83)54-33(32-8-9-39(71)34(48(32)66-54)25-67-16-11-30(12-17-67)10-15-57-42(74)13-18-84-85-45-7-5-6-14-58-45)20-35(49(77)59-23-44(76)64-46)62-53(81)47(29(3)40(72)26-69)65-51(79)38-19-31(70)24-68(38)55(82)36(21-41(56)73)63-50(37)78/h5-9,14,28-31,35-38,40,46-47,66,69-72H,4,10-13,15-27H2,1-3H3,(H2,56,73)(H,57,74)(H,59,77)(H,60,80)(H,61,75)(H,62,81)(H,63,78)(H,64,76)(H,65,79)/t28-,29+,31+,35+,36-,37+,38-,40+,46-,47-,86?/m0/s1. The number of nitrogens with one attached hydrogen (secondary N) is 9. The van der Waals surface area contributed by atoms with Gasteiger partial charge in [-0.25, -0.2) is 4.98 Å². The van der Waals surface area contributed by atoms with E-state index >= 15 is 4.21 Å². The number of hydrogen-bond donors (Lipinski definition) is 14. The highest BCUT2D eigenvalue weighted by atomic mass is 33.1. The number of nitrogens with zero attached hydrogens (tertiary/aromatic N) is 3. The molecule has 2 saturated heterocycles. The summed E-state index contributed by atoms with van der Waals surface area (Å²) in [5.74, 6) is -11.4. The molecule has 470 valence electrons. The van der Waals surface area contributed by atoms with Crippen LogP contribution in [0, 0.1) is 17.8 Å². The van der Waals surface area contributed by atoms with Crippen LogP contribution in [-0.2, 0) is 71.7 Å². The number of aliphatic hydroxyl groups is 3. The van der Waals surface area contributed by atoms with Crippen LogP contribution in [0.1, 0.15) is 76.8 Å². The quantitative estimate of drug-likeness (QED) is 0.0474. The summed E-state index contributed by atoms with van der Waals surface area (Å²) >= 11 is 0. The van der Waals surface area contributed by atoms with Crippen molar-refractivity contribution in [1.29, 1.82) is 0 Å². The van der Waals surface area contributed by atoms with Gasteiger partial charge in [0, 0.05) is 67.7 Å². The molecule has 2 bridgehead atoms. The lowest BCUT2D eigenvalue weighted by molar-refractivity contribution is -0.144. The summed E-state index contributed by atoms with van der Waals surface area (Å²) in [4.78, 5) is 150. The Morgan fingerprint density at radius 2 is 1.60 bits per heavy atom. The number of amides is 10. The van der Waals surface area contributed by atoms with Gasteiger partial charge in [-0.15, -0.1) is 0 Å². The number of aromatic amines is 1. The van der Waals surface area contributed by atoms with E-state index in [1.807, 2.05) is 18.2 Å². The lowest BCUT2D eigenvalue weighted by Crippen LogP contribution is -2.62. The topological polar surface area (TPSA) is 426 Å². The number of aromatic hydroxyl groups is 1.